The highest BCUT2D eigenvalue weighted by Gasteiger charge is 2.18. The van der Waals surface area contributed by atoms with Crippen molar-refractivity contribution in [2.45, 2.75) is 44.7 Å². The number of rotatable bonds is 7. The quantitative estimate of drug-likeness (QED) is 0.839. The van der Waals surface area contributed by atoms with Crippen LogP contribution in [-0.2, 0) is 10.0 Å². The Morgan fingerprint density at radius 1 is 1.05 bits per heavy atom. The third-order valence-corrected chi connectivity index (χ3v) is 4.58. The predicted molar refractivity (Wildman–Crippen MR) is 78.5 cm³/mol. The SMILES string of the molecule is CC(C)N(CCNS(=O)(=O)c1cc(F)cc(F)c1)C(C)C. The van der Waals surface area contributed by atoms with E-state index in [0.29, 0.717) is 12.6 Å². The molecule has 21 heavy (non-hydrogen) atoms. The van der Waals surface area contributed by atoms with Crippen LogP contribution in [0, 0.1) is 11.6 Å². The van der Waals surface area contributed by atoms with Crippen molar-refractivity contribution in [1.82, 2.24) is 9.62 Å². The molecular formula is C14H22F2N2O2S. The van der Waals surface area contributed by atoms with E-state index in [0.717, 1.165) is 12.1 Å². The zero-order valence-corrected chi connectivity index (χ0v) is 13.5. The van der Waals surface area contributed by atoms with Crippen molar-refractivity contribution in [2.24, 2.45) is 0 Å². The molecular weight excluding hydrogens is 298 g/mol. The molecule has 7 heteroatoms. The van der Waals surface area contributed by atoms with Gasteiger partial charge >= 0.3 is 0 Å². The van der Waals surface area contributed by atoms with E-state index in [4.69, 9.17) is 0 Å². The fourth-order valence-electron chi connectivity index (χ4n) is 2.19. The lowest BCUT2D eigenvalue weighted by Gasteiger charge is -2.30. The maximum Gasteiger partial charge on any atom is 0.240 e. The Hall–Kier alpha value is -1.05. The lowest BCUT2D eigenvalue weighted by molar-refractivity contribution is 0.179. The van der Waals surface area contributed by atoms with E-state index in [9.17, 15) is 17.2 Å². The fraction of sp³-hybridized carbons (Fsp3) is 0.571. The van der Waals surface area contributed by atoms with Crippen molar-refractivity contribution in [3.05, 3.63) is 29.8 Å². The first-order valence-electron chi connectivity index (χ1n) is 6.85. The van der Waals surface area contributed by atoms with Crippen LogP contribution in [0.1, 0.15) is 27.7 Å². The van der Waals surface area contributed by atoms with Crippen molar-refractivity contribution >= 4 is 10.0 Å². The normalized spacial score (nSPS) is 12.6. The maximum atomic E-state index is 13.1. The van der Waals surface area contributed by atoms with Gasteiger partial charge in [-0.3, -0.25) is 4.90 Å². The van der Waals surface area contributed by atoms with Crippen molar-refractivity contribution < 1.29 is 17.2 Å². The summed E-state index contributed by atoms with van der Waals surface area (Å²) in [6.07, 6.45) is 0. The first-order valence-corrected chi connectivity index (χ1v) is 8.33. The first kappa shape index (κ1) is 18.0. The van der Waals surface area contributed by atoms with Crippen LogP contribution in [0.2, 0.25) is 0 Å². The summed E-state index contributed by atoms with van der Waals surface area (Å²) in [5.74, 6) is -1.83. The van der Waals surface area contributed by atoms with Crippen molar-refractivity contribution in [3.8, 4) is 0 Å². The summed E-state index contributed by atoms with van der Waals surface area (Å²) in [4.78, 5) is 1.72. The third kappa shape index (κ3) is 5.33. The van der Waals surface area contributed by atoms with E-state index in [1.165, 1.54) is 0 Å². The Morgan fingerprint density at radius 3 is 1.95 bits per heavy atom. The van der Waals surface area contributed by atoms with Gasteiger partial charge in [-0.15, -0.1) is 0 Å². The van der Waals surface area contributed by atoms with Crippen LogP contribution in [0.15, 0.2) is 23.1 Å². The number of halogens is 2. The molecule has 120 valence electrons. The molecule has 1 aromatic rings. The smallest absolute Gasteiger partial charge is 0.240 e. The van der Waals surface area contributed by atoms with Gasteiger partial charge in [-0.2, -0.15) is 0 Å². The predicted octanol–water partition coefficient (Wildman–Crippen LogP) is 2.36. The summed E-state index contributed by atoms with van der Waals surface area (Å²) in [5, 5.41) is 0. The van der Waals surface area contributed by atoms with Crippen LogP contribution in [0.3, 0.4) is 0 Å². The van der Waals surface area contributed by atoms with Crippen LogP contribution < -0.4 is 4.72 Å². The van der Waals surface area contributed by atoms with Crippen LogP contribution in [-0.4, -0.2) is 38.5 Å². The van der Waals surface area contributed by atoms with Gasteiger partial charge < -0.3 is 0 Å². The van der Waals surface area contributed by atoms with Crippen LogP contribution in [0.4, 0.5) is 8.78 Å². The van der Waals surface area contributed by atoms with Crippen molar-refractivity contribution in [2.75, 3.05) is 13.1 Å². The molecule has 0 bridgehead atoms. The second-order valence-corrected chi connectivity index (χ2v) is 7.20. The summed E-state index contributed by atoms with van der Waals surface area (Å²) in [6.45, 7) is 8.79. The third-order valence-electron chi connectivity index (χ3n) is 3.14. The summed E-state index contributed by atoms with van der Waals surface area (Å²) in [5.41, 5.74) is 0. The second-order valence-electron chi connectivity index (χ2n) is 5.43. The summed E-state index contributed by atoms with van der Waals surface area (Å²) in [7, 11) is -3.91. The van der Waals surface area contributed by atoms with Crippen LogP contribution in [0.25, 0.3) is 0 Å². The fourth-order valence-corrected chi connectivity index (χ4v) is 3.25. The van der Waals surface area contributed by atoms with Gasteiger partial charge in [0.15, 0.2) is 0 Å². The highest BCUT2D eigenvalue weighted by molar-refractivity contribution is 7.89. The average molecular weight is 320 g/mol. The standard InChI is InChI=1S/C14H22F2N2O2S/c1-10(2)18(11(3)4)6-5-17-21(19,20)14-8-12(15)7-13(16)9-14/h7-11,17H,5-6H2,1-4H3. The zero-order chi connectivity index (χ0) is 16.2. The molecule has 1 rings (SSSR count). The molecule has 0 unspecified atom stereocenters. The molecule has 0 fully saturated rings. The molecule has 0 radical (unpaired) electrons. The minimum Gasteiger partial charge on any atom is -0.297 e. The molecule has 0 aliphatic carbocycles. The van der Waals surface area contributed by atoms with E-state index in [2.05, 4.69) is 9.62 Å². The molecule has 0 saturated heterocycles. The Kier molecular flexibility index (Phi) is 6.24. The molecule has 1 aromatic carbocycles. The van der Waals surface area contributed by atoms with Gasteiger partial charge in [0, 0.05) is 31.2 Å². The highest BCUT2D eigenvalue weighted by Crippen LogP contribution is 2.13. The Morgan fingerprint density at radius 2 is 1.52 bits per heavy atom. The summed E-state index contributed by atoms with van der Waals surface area (Å²) < 4.78 is 52.5. The molecule has 0 aliphatic rings. The van der Waals surface area contributed by atoms with Crippen molar-refractivity contribution in [3.63, 3.8) is 0 Å². The monoisotopic (exact) mass is 320 g/mol. The van der Waals surface area contributed by atoms with Crippen LogP contribution >= 0.6 is 0 Å². The average Bonchev–Trinajstić information content (AvgIpc) is 2.32. The van der Waals surface area contributed by atoms with Gasteiger partial charge in [0.2, 0.25) is 10.0 Å². The summed E-state index contributed by atoms with van der Waals surface area (Å²) >= 11 is 0. The summed E-state index contributed by atoms with van der Waals surface area (Å²) in [6, 6.07) is 2.79. The van der Waals surface area contributed by atoms with Crippen LogP contribution in [0.5, 0.6) is 0 Å². The molecule has 0 atom stereocenters. The number of nitrogens with one attached hydrogen (secondary N) is 1. The number of sulfonamides is 1. The minimum absolute atomic E-state index is 0.177. The molecule has 0 spiro atoms. The Bertz CT molecular complexity index is 546. The molecule has 1 N–H and O–H groups in total. The zero-order valence-electron chi connectivity index (χ0n) is 12.7. The highest BCUT2D eigenvalue weighted by atomic mass is 32.2. The van der Waals surface area contributed by atoms with E-state index in [1.807, 2.05) is 27.7 Å². The lowest BCUT2D eigenvalue weighted by atomic mass is 10.2. The van der Waals surface area contributed by atoms with Gasteiger partial charge in [-0.05, 0) is 39.8 Å². The molecule has 0 saturated carbocycles. The number of hydrogen-bond acceptors (Lipinski definition) is 3. The van der Waals surface area contributed by atoms with Gasteiger partial charge in [-0.25, -0.2) is 21.9 Å². The second kappa shape index (κ2) is 7.29. The maximum absolute atomic E-state index is 13.1. The first-order chi connectivity index (χ1) is 9.63. The topological polar surface area (TPSA) is 49.4 Å². The van der Waals surface area contributed by atoms with E-state index < -0.39 is 26.6 Å². The lowest BCUT2D eigenvalue weighted by Crippen LogP contribution is -2.42. The van der Waals surface area contributed by atoms with Gasteiger partial charge in [-0.1, -0.05) is 0 Å². The Balaban J connectivity index is 2.73. The molecule has 0 amide bonds. The van der Waals surface area contributed by atoms with Crippen molar-refractivity contribution in [1.29, 1.82) is 0 Å². The number of nitrogens with zero attached hydrogens (tertiary/aromatic N) is 1. The molecule has 0 aromatic heterocycles. The van der Waals surface area contributed by atoms with E-state index in [1.54, 1.807) is 0 Å². The molecule has 4 nitrogen and oxygen atoms in total. The Labute approximate surface area is 125 Å². The number of hydrogen-bond donors (Lipinski definition) is 1. The minimum atomic E-state index is -3.91. The number of benzene rings is 1. The van der Waals surface area contributed by atoms with Gasteiger partial charge in [0.1, 0.15) is 11.6 Å². The van der Waals surface area contributed by atoms with E-state index in [-0.39, 0.29) is 18.6 Å². The van der Waals surface area contributed by atoms with Gasteiger partial charge in [0.25, 0.3) is 0 Å². The van der Waals surface area contributed by atoms with Gasteiger partial charge in [0.05, 0.1) is 4.90 Å². The largest absolute Gasteiger partial charge is 0.297 e. The molecule has 0 heterocycles. The van der Waals surface area contributed by atoms with E-state index >= 15 is 0 Å². The molecule has 0 aliphatic heterocycles.